The van der Waals surface area contributed by atoms with Crippen molar-refractivity contribution in [3.8, 4) is 11.5 Å². The molecule has 0 aliphatic carbocycles. The van der Waals surface area contributed by atoms with Crippen LogP contribution in [0.5, 0.6) is 11.5 Å². The smallest absolute Gasteiger partial charge is 0.322 e. The molecular formula is C30H36Cl2F2N4O4S. The van der Waals surface area contributed by atoms with Crippen LogP contribution in [-0.4, -0.2) is 51.3 Å². The second-order valence-electron chi connectivity index (χ2n) is 10.4. The zero-order valence-corrected chi connectivity index (χ0v) is 26.4. The number of sulfonamides is 1. The van der Waals surface area contributed by atoms with E-state index in [4.69, 9.17) is 16.3 Å². The van der Waals surface area contributed by atoms with E-state index in [9.17, 15) is 22.0 Å². The first-order chi connectivity index (χ1) is 20.0. The van der Waals surface area contributed by atoms with Crippen LogP contribution in [-0.2, 0) is 16.6 Å². The summed E-state index contributed by atoms with van der Waals surface area (Å²) in [5, 5.41) is 3.32. The number of ether oxygens (including phenoxy) is 1. The number of carbonyl (C=O) groups excluding carboxylic acids is 1. The van der Waals surface area contributed by atoms with Crippen LogP contribution in [0.25, 0.3) is 0 Å². The van der Waals surface area contributed by atoms with E-state index < -0.39 is 21.7 Å². The fourth-order valence-corrected chi connectivity index (χ4v) is 5.52. The first-order valence-corrected chi connectivity index (χ1v) is 16.1. The number of piperidine rings is 1. The molecule has 4 rings (SSSR count). The number of anilines is 2. The van der Waals surface area contributed by atoms with E-state index in [0.29, 0.717) is 30.2 Å². The predicted octanol–water partition coefficient (Wildman–Crippen LogP) is 7.18. The molecule has 2 amide bonds. The van der Waals surface area contributed by atoms with Crippen molar-refractivity contribution in [1.82, 2.24) is 10.2 Å². The third-order valence-electron chi connectivity index (χ3n) is 6.89. The summed E-state index contributed by atoms with van der Waals surface area (Å²) in [5.74, 6) is -0.434. The van der Waals surface area contributed by atoms with Crippen LogP contribution in [0.2, 0.25) is 5.02 Å². The second kappa shape index (κ2) is 15.6. The van der Waals surface area contributed by atoms with Crippen LogP contribution in [0.15, 0.2) is 60.7 Å². The fourth-order valence-electron chi connectivity index (χ4n) is 4.74. The Kier molecular flexibility index (Phi) is 12.4. The van der Waals surface area contributed by atoms with Gasteiger partial charge in [-0.3, -0.25) is 14.5 Å². The first kappa shape index (κ1) is 34.4. The lowest BCUT2D eigenvalue weighted by Crippen LogP contribution is -2.49. The van der Waals surface area contributed by atoms with E-state index in [1.54, 1.807) is 12.1 Å². The molecule has 13 heteroatoms. The van der Waals surface area contributed by atoms with Gasteiger partial charge in [0, 0.05) is 38.3 Å². The minimum absolute atomic E-state index is 0. The van der Waals surface area contributed by atoms with Crippen LogP contribution in [0, 0.1) is 11.6 Å². The molecule has 3 aromatic rings. The van der Waals surface area contributed by atoms with Crippen LogP contribution in [0.3, 0.4) is 0 Å². The number of nitrogens with one attached hydrogen (secondary N) is 2. The summed E-state index contributed by atoms with van der Waals surface area (Å²) < 4.78 is 58.9. The number of amides is 2. The fraction of sp³-hybridized carbons (Fsp3) is 0.367. The maximum absolute atomic E-state index is 14.4. The summed E-state index contributed by atoms with van der Waals surface area (Å²) >= 11 is 6.27. The molecular weight excluding hydrogens is 621 g/mol. The molecule has 0 aromatic heterocycles. The third kappa shape index (κ3) is 10.2. The summed E-state index contributed by atoms with van der Waals surface area (Å²) in [4.78, 5) is 16.7. The van der Waals surface area contributed by atoms with Crippen molar-refractivity contribution in [1.29, 1.82) is 0 Å². The van der Waals surface area contributed by atoms with Crippen molar-refractivity contribution in [2.24, 2.45) is 0 Å². The van der Waals surface area contributed by atoms with Gasteiger partial charge >= 0.3 is 6.03 Å². The van der Waals surface area contributed by atoms with Gasteiger partial charge in [-0.1, -0.05) is 37.1 Å². The molecule has 234 valence electrons. The summed E-state index contributed by atoms with van der Waals surface area (Å²) in [6.07, 6.45) is 4.11. The molecule has 0 radical (unpaired) electrons. The van der Waals surface area contributed by atoms with E-state index >= 15 is 0 Å². The summed E-state index contributed by atoms with van der Waals surface area (Å²) in [6.45, 7) is 4.64. The van der Waals surface area contributed by atoms with Crippen molar-refractivity contribution in [2.45, 2.75) is 45.2 Å². The Morgan fingerprint density at radius 2 is 1.77 bits per heavy atom. The standard InChI is InChI=1S/C30H35ClF2N4O4S.ClH/c1-3-4-15-37(28-11-7-22(32)18-27(28)33)30(38)34-23-13-16-36(17-14-23)20-21-5-9-25(10-6-21)41-29-12-8-24(19-26(29)31)35-42(2,39)40;/h5-12,18-19,23,35H,3-4,13-17,20H2,1-2H3,(H,34,38);1H. The SMILES string of the molecule is CCCCN(C(=O)NC1CCN(Cc2ccc(Oc3ccc(NS(C)(=O)=O)cc3Cl)cc2)CC1)c1ccc(F)cc1F.Cl. The number of likely N-dealkylation sites (tertiary alicyclic amines) is 1. The van der Waals surface area contributed by atoms with Crippen LogP contribution < -0.4 is 19.7 Å². The van der Waals surface area contributed by atoms with Crippen molar-refractivity contribution in [3.05, 3.63) is 82.9 Å². The molecule has 0 saturated carbocycles. The molecule has 0 atom stereocenters. The lowest BCUT2D eigenvalue weighted by molar-refractivity contribution is 0.188. The Morgan fingerprint density at radius 1 is 1.07 bits per heavy atom. The average Bonchev–Trinajstić information content (AvgIpc) is 2.92. The van der Waals surface area contributed by atoms with Crippen molar-refractivity contribution in [3.63, 3.8) is 0 Å². The summed E-state index contributed by atoms with van der Waals surface area (Å²) in [7, 11) is -3.41. The maximum atomic E-state index is 14.4. The summed E-state index contributed by atoms with van der Waals surface area (Å²) in [5.41, 5.74) is 1.53. The van der Waals surface area contributed by atoms with Gasteiger partial charge in [0.05, 0.1) is 22.7 Å². The van der Waals surface area contributed by atoms with Crippen LogP contribution in [0.4, 0.5) is 25.0 Å². The van der Waals surface area contributed by atoms with Gasteiger partial charge in [0.1, 0.15) is 23.1 Å². The third-order valence-corrected chi connectivity index (χ3v) is 7.79. The minimum atomic E-state index is -3.41. The molecule has 0 spiro atoms. The number of benzene rings is 3. The number of nitrogens with zero attached hydrogens (tertiary/aromatic N) is 2. The normalized spacial score (nSPS) is 14.1. The molecule has 2 N–H and O–H groups in total. The molecule has 0 unspecified atom stereocenters. The van der Waals surface area contributed by atoms with Gasteiger partial charge in [0.15, 0.2) is 0 Å². The number of unbranched alkanes of at least 4 members (excludes halogenated alkanes) is 1. The molecule has 1 aliphatic rings. The largest absolute Gasteiger partial charge is 0.456 e. The number of hydrogen-bond acceptors (Lipinski definition) is 5. The van der Waals surface area contributed by atoms with Gasteiger partial charge in [-0.2, -0.15) is 0 Å². The Balaban J connectivity index is 0.00000506. The van der Waals surface area contributed by atoms with Crippen molar-refractivity contribution in [2.75, 3.05) is 35.5 Å². The minimum Gasteiger partial charge on any atom is -0.456 e. The lowest BCUT2D eigenvalue weighted by atomic mass is 10.0. The quantitative estimate of drug-likeness (QED) is 0.228. The zero-order chi connectivity index (χ0) is 30.3. The van der Waals surface area contributed by atoms with Crippen LogP contribution >= 0.6 is 24.0 Å². The number of urea groups is 1. The molecule has 43 heavy (non-hydrogen) atoms. The van der Waals surface area contributed by atoms with Gasteiger partial charge < -0.3 is 10.1 Å². The second-order valence-corrected chi connectivity index (χ2v) is 12.5. The first-order valence-electron chi connectivity index (χ1n) is 13.8. The van der Waals surface area contributed by atoms with E-state index in [0.717, 1.165) is 62.8 Å². The lowest BCUT2D eigenvalue weighted by Gasteiger charge is -2.34. The van der Waals surface area contributed by atoms with E-state index in [1.807, 2.05) is 31.2 Å². The number of rotatable bonds is 11. The van der Waals surface area contributed by atoms with Gasteiger partial charge in [-0.25, -0.2) is 22.0 Å². The molecule has 1 aliphatic heterocycles. The molecule has 1 fully saturated rings. The highest BCUT2D eigenvalue weighted by atomic mass is 35.5. The van der Waals surface area contributed by atoms with Gasteiger partial charge in [-0.05, 0) is 67.3 Å². The topological polar surface area (TPSA) is 91.0 Å². The zero-order valence-electron chi connectivity index (χ0n) is 24.0. The average molecular weight is 658 g/mol. The Hall–Kier alpha value is -3.12. The van der Waals surface area contributed by atoms with E-state index in [2.05, 4.69) is 14.9 Å². The number of halogens is 4. The van der Waals surface area contributed by atoms with E-state index in [-0.39, 0.29) is 35.2 Å². The van der Waals surface area contributed by atoms with E-state index in [1.165, 1.54) is 17.0 Å². The predicted molar refractivity (Wildman–Crippen MR) is 169 cm³/mol. The Labute approximate surface area is 262 Å². The Bertz CT molecular complexity index is 1490. The van der Waals surface area contributed by atoms with Gasteiger partial charge in [0.25, 0.3) is 0 Å². The molecule has 8 nitrogen and oxygen atoms in total. The van der Waals surface area contributed by atoms with Crippen molar-refractivity contribution >= 4 is 51.4 Å². The summed E-state index contributed by atoms with van der Waals surface area (Å²) in [6, 6.07) is 15.2. The molecule has 0 bridgehead atoms. The molecule has 3 aromatic carbocycles. The molecule has 1 saturated heterocycles. The highest BCUT2D eigenvalue weighted by Crippen LogP contribution is 2.32. The van der Waals surface area contributed by atoms with Gasteiger partial charge in [0.2, 0.25) is 10.0 Å². The van der Waals surface area contributed by atoms with Crippen molar-refractivity contribution < 1.29 is 26.7 Å². The van der Waals surface area contributed by atoms with Crippen LogP contribution in [0.1, 0.15) is 38.2 Å². The highest BCUT2D eigenvalue weighted by Gasteiger charge is 2.25. The Morgan fingerprint density at radius 3 is 2.37 bits per heavy atom. The number of hydrogen-bond donors (Lipinski definition) is 2. The number of carbonyl (C=O) groups is 1. The monoisotopic (exact) mass is 656 g/mol. The maximum Gasteiger partial charge on any atom is 0.322 e. The van der Waals surface area contributed by atoms with Gasteiger partial charge in [-0.15, -0.1) is 12.4 Å². The highest BCUT2D eigenvalue weighted by molar-refractivity contribution is 7.92. The molecule has 1 heterocycles.